The molecule has 2 aromatic rings. The Morgan fingerprint density at radius 1 is 1.13 bits per heavy atom. The zero-order valence-corrected chi connectivity index (χ0v) is 9.81. The number of aromatic nitrogens is 1. The third kappa shape index (κ3) is 1.75. The molecule has 2 rings (SSSR count). The molecule has 78 valence electrons. The predicted octanol–water partition coefficient (Wildman–Crippen LogP) is 1.75. The van der Waals surface area contributed by atoms with Gasteiger partial charge in [0.25, 0.3) is 0 Å². The molecule has 0 N–H and O–H groups in total. The average Bonchev–Trinajstić information content (AvgIpc) is 2.28. The van der Waals surface area contributed by atoms with E-state index in [2.05, 4.69) is 14.2 Å². The van der Waals surface area contributed by atoms with Crippen LogP contribution in [0, 0.1) is 0 Å². The molecule has 1 heterocycles. The van der Waals surface area contributed by atoms with Crippen molar-refractivity contribution in [1.82, 2.24) is 4.98 Å². The minimum atomic E-state index is 0.702. The smallest absolute Gasteiger partial charge is 0.162 e. The van der Waals surface area contributed by atoms with Crippen LogP contribution in [-0.2, 0) is 0 Å². The summed E-state index contributed by atoms with van der Waals surface area (Å²) < 4.78 is 10.4. The molecule has 0 saturated carbocycles. The van der Waals surface area contributed by atoms with Crippen LogP contribution in [-0.4, -0.2) is 19.2 Å². The molecule has 4 heteroatoms. The van der Waals surface area contributed by atoms with Gasteiger partial charge in [0.05, 0.1) is 19.7 Å². The van der Waals surface area contributed by atoms with E-state index in [9.17, 15) is 0 Å². The lowest BCUT2D eigenvalue weighted by molar-refractivity contribution is 0.356. The van der Waals surface area contributed by atoms with Crippen molar-refractivity contribution in [1.29, 1.82) is 0 Å². The summed E-state index contributed by atoms with van der Waals surface area (Å²) in [6.45, 7) is 0. The summed E-state index contributed by atoms with van der Waals surface area (Å²) in [6.07, 6.45) is 1.77. The molecule has 0 radical (unpaired) electrons. The first-order valence-electron chi connectivity index (χ1n) is 4.52. The highest BCUT2D eigenvalue weighted by atomic mass is 31.0. The standard InChI is InChI=1S/C11H12NO2P/c1-13-9-5-7-8(6-10(9)14-2)12-4-3-11(7)15/h3-6H,15H2,1-2H3. The number of nitrogens with zero attached hydrogens (tertiary/aromatic N) is 1. The molecule has 0 amide bonds. The van der Waals surface area contributed by atoms with Gasteiger partial charge >= 0.3 is 0 Å². The second-order valence-corrected chi connectivity index (χ2v) is 3.75. The summed E-state index contributed by atoms with van der Waals surface area (Å²) in [5.74, 6) is 1.43. The predicted molar refractivity (Wildman–Crippen MR) is 64.2 cm³/mol. The van der Waals surface area contributed by atoms with E-state index >= 15 is 0 Å². The van der Waals surface area contributed by atoms with Crippen LogP contribution in [0.2, 0.25) is 0 Å². The van der Waals surface area contributed by atoms with Crippen molar-refractivity contribution in [3.05, 3.63) is 24.4 Å². The first-order valence-corrected chi connectivity index (χ1v) is 5.10. The van der Waals surface area contributed by atoms with Gasteiger partial charge in [0.1, 0.15) is 0 Å². The van der Waals surface area contributed by atoms with Crippen molar-refractivity contribution in [2.45, 2.75) is 0 Å². The number of ether oxygens (including phenoxy) is 2. The van der Waals surface area contributed by atoms with Crippen molar-refractivity contribution in [3.8, 4) is 11.5 Å². The van der Waals surface area contributed by atoms with Crippen LogP contribution >= 0.6 is 9.24 Å². The lowest BCUT2D eigenvalue weighted by atomic mass is 10.2. The number of rotatable bonds is 2. The van der Waals surface area contributed by atoms with Crippen LogP contribution in [0.3, 0.4) is 0 Å². The van der Waals surface area contributed by atoms with Crippen LogP contribution in [0.5, 0.6) is 11.5 Å². The Hall–Kier alpha value is -1.34. The summed E-state index contributed by atoms with van der Waals surface area (Å²) in [5, 5.41) is 2.15. The molecule has 1 aromatic heterocycles. The topological polar surface area (TPSA) is 31.4 Å². The first kappa shape index (κ1) is 10.2. The number of fused-ring (bicyclic) bond motifs is 1. The lowest BCUT2D eigenvalue weighted by Gasteiger charge is -2.09. The Bertz CT molecular complexity index is 499. The zero-order chi connectivity index (χ0) is 10.8. The fraction of sp³-hybridized carbons (Fsp3) is 0.182. The molecule has 0 bridgehead atoms. The molecule has 0 aliphatic heterocycles. The maximum Gasteiger partial charge on any atom is 0.162 e. The Morgan fingerprint density at radius 3 is 2.47 bits per heavy atom. The molecule has 1 atom stereocenters. The van der Waals surface area contributed by atoms with Crippen LogP contribution in [0.15, 0.2) is 24.4 Å². The van der Waals surface area contributed by atoms with Gasteiger partial charge in [-0.3, -0.25) is 4.98 Å². The Morgan fingerprint density at radius 2 is 1.80 bits per heavy atom. The van der Waals surface area contributed by atoms with Crippen LogP contribution in [0.25, 0.3) is 10.9 Å². The van der Waals surface area contributed by atoms with Gasteiger partial charge in [-0.25, -0.2) is 0 Å². The molecule has 0 saturated heterocycles. The van der Waals surface area contributed by atoms with E-state index in [4.69, 9.17) is 9.47 Å². The molecule has 15 heavy (non-hydrogen) atoms. The number of hydrogen-bond acceptors (Lipinski definition) is 3. The van der Waals surface area contributed by atoms with Crippen molar-refractivity contribution < 1.29 is 9.47 Å². The molecular formula is C11H12NO2P. The Kier molecular flexibility index (Phi) is 2.74. The van der Waals surface area contributed by atoms with Crippen molar-refractivity contribution >= 4 is 25.4 Å². The Balaban J connectivity index is 2.75. The second-order valence-electron chi connectivity index (χ2n) is 3.12. The zero-order valence-electron chi connectivity index (χ0n) is 8.65. The van der Waals surface area contributed by atoms with E-state index in [1.165, 1.54) is 0 Å². The summed E-state index contributed by atoms with van der Waals surface area (Å²) in [5.41, 5.74) is 0.903. The fourth-order valence-electron chi connectivity index (χ4n) is 1.49. The summed E-state index contributed by atoms with van der Waals surface area (Å²) in [7, 11) is 5.93. The largest absolute Gasteiger partial charge is 0.493 e. The molecule has 0 aliphatic rings. The van der Waals surface area contributed by atoms with E-state index in [1.807, 2.05) is 18.2 Å². The minimum absolute atomic E-state index is 0.702. The highest BCUT2D eigenvalue weighted by Crippen LogP contribution is 2.30. The molecule has 1 unspecified atom stereocenters. The SMILES string of the molecule is COc1cc2nccc(P)c2cc1OC. The molecule has 3 nitrogen and oxygen atoms in total. The first-order chi connectivity index (χ1) is 7.26. The fourth-order valence-corrected chi connectivity index (χ4v) is 1.81. The van der Waals surface area contributed by atoms with E-state index < -0.39 is 0 Å². The molecule has 1 aromatic carbocycles. The molecule has 0 aliphatic carbocycles. The van der Waals surface area contributed by atoms with Gasteiger partial charge in [0.2, 0.25) is 0 Å². The quantitative estimate of drug-likeness (QED) is 0.724. The van der Waals surface area contributed by atoms with Gasteiger partial charge in [-0.1, -0.05) is 0 Å². The van der Waals surface area contributed by atoms with Gasteiger partial charge < -0.3 is 9.47 Å². The van der Waals surface area contributed by atoms with E-state index in [-0.39, 0.29) is 0 Å². The van der Waals surface area contributed by atoms with E-state index in [1.54, 1.807) is 20.4 Å². The van der Waals surface area contributed by atoms with Crippen LogP contribution < -0.4 is 14.8 Å². The van der Waals surface area contributed by atoms with Crippen LogP contribution in [0.1, 0.15) is 0 Å². The van der Waals surface area contributed by atoms with Gasteiger partial charge in [-0.05, 0) is 17.4 Å². The molecule has 0 spiro atoms. The maximum absolute atomic E-state index is 5.24. The van der Waals surface area contributed by atoms with Crippen LogP contribution in [0.4, 0.5) is 0 Å². The molecule has 0 fully saturated rings. The summed E-state index contributed by atoms with van der Waals surface area (Å²) >= 11 is 0. The monoisotopic (exact) mass is 221 g/mol. The number of pyridine rings is 1. The maximum atomic E-state index is 5.24. The third-order valence-corrected chi connectivity index (χ3v) is 2.78. The van der Waals surface area contributed by atoms with Gasteiger partial charge in [-0.2, -0.15) is 0 Å². The van der Waals surface area contributed by atoms with Gasteiger partial charge in [-0.15, -0.1) is 9.24 Å². The highest BCUT2D eigenvalue weighted by Gasteiger charge is 2.07. The van der Waals surface area contributed by atoms with E-state index in [0.717, 1.165) is 22.0 Å². The normalized spacial score (nSPS) is 10.3. The highest BCUT2D eigenvalue weighted by molar-refractivity contribution is 7.28. The average molecular weight is 221 g/mol. The minimum Gasteiger partial charge on any atom is -0.493 e. The summed E-state index contributed by atoms with van der Waals surface area (Å²) in [4.78, 5) is 4.28. The Labute approximate surface area is 90.6 Å². The van der Waals surface area contributed by atoms with Crippen molar-refractivity contribution in [2.75, 3.05) is 14.2 Å². The van der Waals surface area contributed by atoms with Gasteiger partial charge in [0, 0.05) is 17.6 Å². The third-order valence-electron chi connectivity index (χ3n) is 2.28. The van der Waals surface area contributed by atoms with Crippen molar-refractivity contribution in [2.24, 2.45) is 0 Å². The number of methoxy groups -OCH3 is 2. The lowest BCUT2D eigenvalue weighted by Crippen LogP contribution is -1.97. The number of hydrogen-bond donors (Lipinski definition) is 0. The summed E-state index contributed by atoms with van der Waals surface area (Å²) in [6, 6.07) is 5.75. The second kappa shape index (κ2) is 4.03. The number of benzene rings is 1. The van der Waals surface area contributed by atoms with Gasteiger partial charge in [0.15, 0.2) is 11.5 Å². The van der Waals surface area contributed by atoms with Crippen molar-refractivity contribution in [3.63, 3.8) is 0 Å². The molecular weight excluding hydrogens is 209 g/mol. The van der Waals surface area contributed by atoms with E-state index in [0.29, 0.717) is 5.75 Å².